The van der Waals surface area contributed by atoms with E-state index in [1.54, 1.807) is 7.11 Å². The van der Waals surface area contributed by atoms with Gasteiger partial charge in [-0.05, 0) is 13.3 Å². The van der Waals surface area contributed by atoms with Gasteiger partial charge in [-0.2, -0.15) is 0 Å². The van der Waals surface area contributed by atoms with Crippen molar-refractivity contribution in [2.24, 2.45) is 5.41 Å². The third-order valence-electron chi connectivity index (χ3n) is 3.47. The van der Waals surface area contributed by atoms with E-state index in [0.717, 1.165) is 6.42 Å². The number of carbonyl (C=O) groups excluding carboxylic acids is 1. The Kier molecular flexibility index (Phi) is 3.73. The van der Waals surface area contributed by atoms with Gasteiger partial charge in [-0.25, -0.2) is 0 Å². The van der Waals surface area contributed by atoms with Crippen molar-refractivity contribution < 1.29 is 14.3 Å². The first-order valence-corrected chi connectivity index (χ1v) is 5.30. The first-order valence-electron chi connectivity index (χ1n) is 5.30. The standard InChI is InChI=1S/C11H21NO3/c1-7(10(13)15-5)12-8-6-9(14-4)11(8,2)3/h7-9,12H,6H2,1-5H3. The van der Waals surface area contributed by atoms with E-state index in [9.17, 15) is 4.79 Å². The Morgan fingerprint density at radius 1 is 1.47 bits per heavy atom. The molecule has 1 fully saturated rings. The first kappa shape index (κ1) is 12.5. The van der Waals surface area contributed by atoms with Crippen LogP contribution in [-0.2, 0) is 14.3 Å². The molecule has 0 aromatic heterocycles. The van der Waals surface area contributed by atoms with E-state index in [4.69, 9.17) is 4.74 Å². The smallest absolute Gasteiger partial charge is 0.322 e. The Labute approximate surface area is 91.3 Å². The lowest BCUT2D eigenvalue weighted by atomic mass is 9.64. The van der Waals surface area contributed by atoms with E-state index in [-0.39, 0.29) is 23.5 Å². The summed E-state index contributed by atoms with van der Waals surface area (Å²) in [5, 5.41) is 3.27. The molecule has 0 aromatic carbocycles. The van der Waals surface area contributed by atoms with E-state index >= 15 is 0 Å². The number of ether oxygens (including phenoxy) is 2. The van der Waals surface area contributed by atoms with Crippen molar-refractivity contribution in [1.82, 2.24) is 5.32 Å². The molecule has 1 N–H and O–H groups in total. The van der Waals surface area contributed by atoms with Crippen LogP contribution < -0.4 is 5.32 Å². The van der Waals surface area contributed by atoms with Crippen molar-refractivity contribution in [3.05, 3.63) is 0 Å². The van der Waals surface area contributed by atoms with Gasteiger partial charge in [0.2, 0.25) is 0 Å². The molecule has 0 bridgehead atoms. The summed E-state index contributed by atoms with van der Waals surface area (Å²) in [7, 11) is 3.14. The van der Waals surface area contributed by atoms with Crippen molar-refractivity contribution in [3.63, 3.8) is 0 Å². The van der Waals surface area contributed by atoms with Gasteiger partial charge in [0.05, 0.1) is 13.2 Å². The van der Waals surface area contributed by atoms with Gasteiger partial charge in [0.1, 0.15) is 6.04 Å². The van der Waals surface area contributed by atoms with Gasteiger partial charge in [-0.1, -0.05) is 13.8 Å². The highest BCUT2D eigenvalue weighted by Gasteiger charge is 2.49. The van der Waals surface area contributed by atoms with Gasteiger partial charge < -0.3 is 14.8 Å². The zero-order valence-electron chi connectivity index (χ0n) is 10.2. The molecule has 3 atom stereocenters. The lowest BCUT2D eigenvalue weighted by Crippen LogP contribution is -2.63. The van der Waals surface area contributed by atoms with Gasteiger partial charge in [0, 0.05) is 18.6 Å². The molecule has 0 aromatic rings. The highest BCUT2D eigenvalue weighted by atomic mass is 16.5. The lowest BCUT2D eigenvalue weighted by Gasteiger charge is -2.52. The molecule has 3 unspecified atom stereocenters. The quantitative estimate of drug-likeness (QED) is 0.709. The fourth-order valence-electron chi connectivity index (χ4n) is 2.11. The Bertz CT molecular complexity index is 240. The molecular formula is C11H21NO3. The lowest BCUT2D eigenvalue weighted by molar-refractivity contribution is -0.145. The molecule has 1 saturated carbocycles. The molecule has 0 aliphatic heterocycles. The van der Waals surface area contributed by atoms with Gasteiger partial charge in [-0.15, -0.1) is 0 Å². The van der Waals surface area contributed by atoms with Crippen LogP contribution in [0.15, 0.2) is 0 Å². The highest BCUT2D eigenvalue weighted by molar-refractivity contribution is 5.75. The largest absolute Gasteiger partial charge is 0.468 e. The van der Waals surface area contributed by atoms with E-state index in [1.165, 1.54) is 7.11 Å². The molecule has 0 spiro atoms. The van der Waals surface area contributed by atoms with Crippen LogP contribution in [0.1, 0.15) is 27.2 Å². The molecular weight excluding hydrogens is 194 g/mol. The number of hydrogen-bond donors (Lipinski definition) is 1. The normalized spacial score (nSPS) is 30.5. The van der Waals surface area contributed by atoms with Crippen molar-refractivity contribution in [1.29, 1.82) is 0 Å². The number of methoxy groups -OCH3 is 2. The zero-order valence-corrected chi connectivity index (χ0v) is 10.2. The summed E-state index contributed by atoms with van der Waals surface area (Å²) in [6, 6.07) is 0.0635. The van der Waals surface area contributed by atoms with E-state index in [1.807, 2.05) is 6.92 Å². The summed E-state index contributed by atoms with van der Waals surface area (Å²) in [4.78, 5) is 11.2. The topological polar surface area (TPSA) is 47.6 Å². The van der Waals surface area contributed by atoms with E-state index < -0.39 is 0 Å². The fourth-order valence-corrected chi connectivity index (χ4v) is 2.11. The van der Waals surface area contributed by atoms with Crippen LogP contribution in [-0.4, -0.2) is 38.4 Å². The second kappa shape index (κ2) is 4.49. The van der Waals surface area contributed by atoms with E-state index in [0.29, 0.717) is 6.04 Å². The zero-order chi connectivity index (χ0) is 11.6. The number of nitrogens with one attached hydrogen (secondary N) is 1. The van der Waals surface area contributed by atoms with Gasteiger partial charge >= 0.3 is 5.97 Å². The molecule has 0 radical (unpaired) electrons. The molecule has 4 heteroatoms. The van der Waals surface area contributed by atoms with Crippen molar-refractivity contribution in [2.45, 2.75) is 45.4 Å². The van der Waals surface area contributed by atoms with Crippen LogP contribution >= 0.6 is 0 Å². The Balaban J connectivity index is 2.45. The maximum atomic E-state index is 11.2. The third kappa shape index (κ3) is 2.32. The van der Waals surface area contributed by atoms with Crippen molar-refractivity contribution >= 4 is 5.97 Å². The molecule has 0 saturated heterocycles. The summed E-state index contributed by atoms with van der Waals surface area (Å²) in [5.41, 5.74) is 0.0804. The second-order valence-corrected chi connectivity index (χ2v) is 4.75. The molecule has 0 heterocycles. The van der Waals surface area contributed by atoms with Crippen molar-refractivity contribution in [3.8, 4) is 0 Å². The Morgan fingerprint density at radius 2 is 2.07 bits per heavy atom. The van der Waals surface area contributed by atoms with Gasteiger partial charge in [0.15, 0.2) is 0 Å². The average Bonchev–Trinajstić information content (AvgIpc) is 2.21. The molecule has 1 rings (SSSR count). The number of carbonyl (C=O) groups is 1. The van der Waals surface area contributed by atoms with Crippen LogP contribution in [0.3, 0.4) is 0 Å². The second-order valence-electron chi connectivity index (χ2n) is 4.75. The van der Waals surface area contributed by atoms with Crippen LogP contribution in [0.25, 0.3) is 0 Å². The maximum Gasteiger partial charge on any atom is 0.322 e. The summed E-state index contributed by atoms with van der Waals surface area (Å²) in [5.74, 6) is -0.216. The summed E-state index contributed by atoms with van der Waals surface area (Å²) in [6.45, 7) is 6.11. The minimum absolute atomic E-state index is 0.0804. The minimum atomic E-state index is -0.253. The maximum absolute atomic E-state index is 11.2. The fraction of sp³-hybridized carbons (Fsp3) is 0.909. The highest BCUT2D eigenvalue weighted by Crippen LogP contribution is 2.42. The molecule has 15 heavy (non-hydrogen) atoms. The molecule has 88 valence electrons. The molecule has 4 nitrogen and oxygen atoms in total. The monoisotopic (exact) mass is 215 g/mol. The van der Waals surface area contributed by atoms with Crippen molar-refractivity contribution in [2.75, 3.05) is 14.2 Å². The molecule has 1 aliphatic rings. The molecule has 0 amide bonds. The predicted molar refractivity (Wildman–Crippen MR) is 57.6 cm³/mol. The predicted octanol–water partition coefficient (Wildman–Crippen LogP) is 0.951. The van der Waals surface area contributed by atoms with Gasteiger partial charge in [0.25, 0.3) is 0 Å². The minimum Gasteiger partial charge on any atom is -0.468 e. The van der Waals surface area contributed by atoms with E-state index in [2.05, 4.69) is 23.9 Å². The summed E-state index contributed by atoms with van der Waals surface area (Å²) < 4.78 is 10.0. The van der Waals surface area contributed by atoms with Crippen LogP contribution in [0.4, 0.5) is 0 Å². The molecule has 1 aliphatic carbocycles. The Morgan fingerprint density at radius 3 is 2.47 bits per heavy atom. The Hall–Kier alpha value is -0.610. The number of hydrogen-bond acceptors (Lipinski definition) is 4. The number of esters is 1. The van der Waals surface area contributed by atoms with Crippen LogP contribution in [0, 0.1) is 5.41 Å². The number of rotatable bonds is 4. The van der Waals surface area contributed by atoms with Crippen LogP contribution in [0.2, 0.25) is 0 Å². The third-order valence-corrected chi connectivity index (χ3v) is 3.47. The average molecular weight is 215 g/mol. The summed E-state index contributed by atoms with van der Waals surface area (Å²) >= 11 is 0. The SMILES string of the molecule is COC(=O)C(C)NC1CC(OC)C1(C)C. The van der Waals surface area contributed by atoms with Crippen LogP contribution in [0.5, 0.6) is 0 Å². The van der Waals surface area contributed by atoms with Gasteiger partial charge in [-0.3, -0.25) is 4.79 Å². The summed E-state index contributed by atoms with van der Waals surface area (Å²) in [6.07, 6.45) is 1.23. The first-order chi connectivity index (χ1) is 6.93.